The number of benzene rings is 2. The van der Waals surface area contributed by atoms with Crippen LogP contribution < -0.4 is 14.2 Å². The lowest BCUT2D eigenvalue weighted by Crippen LogP contribution is -2.48. The van der Waals surface area contributed by atoms with Gasteiger partial charge in [-0.1, -0.05) is 12.1 Å². The summed E-state index contributed by atoms with van der Waals surface area (Å²) in [7, 11) is -0.635. The predicted molar refractivity (Wildman–Crippen MR) is 117 cm³/mol. The Kier molecular flexibility index (Phi) is 6.24. The second-order valence-electron chi connectivity index (χ2n) is 7.36. The first kappa shape index (κ1) is 21.4. The molecule has 2 heterocycles. The number of halogens is 1. The van der Waals surface area contributed by atoms with E-state index < -0.39 is 10.0 Å². The Bertz CT molecular complexity index is 1040. The van der Waals surface area contributed by atoms with E-state index in [9.17, 15) is 8.42 Å². The van der Waals surface area contributed by atoms with Crippen LogP contribution in [0.2, 0.25) is 0 Å². The Balaban J connectivity index is 1.44. The maximum Gasteiger partial charge on any atom is 0.244 e. The van der Waals surface area contributed by atoms with Gasteiger partial charge >= 0.3 is 0 Å². The van der Waals surface area contributed by atoms with Crippen molar-refractivity contribution >= 4 is 26.0 Å². The summed E-state index contributed by atoms with van der Waals surface area (Å²) in [5.74, 6) is 1.85. The highest BCUT2D eigenvalue weighted by atomic mass is 79.9. The standard InChI is InChI=1S/C21H25BrN2O5S/c1-27-19-12-17(22)21(13-20(19)28-2)30(25,26)24-8-6-23(7-9-24)14-15-3-4-18-16(11-15)5-10-29-18/h3-4,11-13H,5-10,14H2,1-2H3. The smallest absolute Gasteiger partial charge is 0.244 e. The molecule has 7 nitrogen and oxygen atoms in total. The Labute approximate surface area is 185 Å². The maximum atomic E-state index is 13.2. The zero-order chi connectivity index (χ0) is 21.3. The van der Waals surface area contributed by atoms with Gasteiger partial charge in [-0.05, 0) is 39.2 Å². The minimum atomic E-state index is -3.65. The van der Waals surface area contributed by atoms with Gasteiger partial charge in [0.25, 0.3) is 0 Å². The van der Waals surface area contributed by atoms with Gasteiger partial charge in [0.05, 0.1) is 20.8 Å². The lowest BCUT2D eigenvalue weighted by molar-refractivity contribution is 0.181. The van der Waals surface area contributed by atoms with Crippen molar-refractivity contribution in [1.82, 2.24) is 9.21 Å². The molecule has 0 spiro atoms. The van der Waals surface area contributed by atoms with Gasteiger partial charge in [0.1, 0.15) is 10.6 Å². The minimum Gasteiger partial charge on any atom is -0.493 e. The third-order valence-electron chi connectivity index (χ3n) is 5.55. The molecule has 2 aromatic rings. The van der Waals surface area contributed by atoms with Crippen LogP contribution in [0.1, 0.15) is 11.1 Å². The summed E-state index contributed by atoms with van der Waals surface area (Å²) in [5, 5.41) is 0. The fraction of sp³-hybridized carbons (Fsp3) is 0.429. The molecule has 162 valence electrons. The van der Waals surface area contributed by atoms with Crippen molar-refractivity contribution in [1.29, 1.82) is 0 Å². The van der Waals surface area contributed by atoms with E-state index in [4.69, 9.17) is 14.2 Å². The van der Waals surface area contributed by atoms with Gasteiger partial charge in [0, 0.05) is 49.7 Å². The van der Waals surface area contributed by atoms with E-state index in [2.05, 4.69) is 33.0 Å². The highest BCUT2D eigenvalue weighted by Gasteiger charge is 2.31. The van der Waals surface area contributed by atoms with Gasteiger partial charge < -0.3 is 14.2 Å². The Hall–Kier alpha value is -1.81. The van der Waals surface area contributed by atoms with Gasteiger partial charge in [-0.3, -0.25) is 4.90 Å². The first-order chi connectivity index (χ1) is 14.4. The molecule has 0 amide bonds. The summed E-state index contributed by atoms with van der Waals surface area (Å²) in [4.78, 5) is 2.47. The monoisotopic (exact) mass is 496 g/mol. The number of methoxy groups -OCH3 is 2. The Morgan fingerprint density at radius 3 is 2.43 bits per heavy atom. The highest BCUT2D eigenvalue weighted by Crippen LogP contribution is 2.37. The zero-order valence-corrected chi connectivity index (χ0v) is 19.5. The van der Waals surface area contributed by atoms with Crippen LogP contribution in [-0.2, 0) is 23.0 Å². The molecule has 30 heavy (non-hydrogen) atoms. The average molecular weight is 497 g/mol. The van der Waals surface area contributed by atoms with E-state index in [1.807, 2.05) is 6.07 Å². The topological polar surface area (TPSA) is 68.3 Å². The summed E-state index contributed by atoms with van der Waals surface area (Å²) in [6.07, 6.45) is 0.954. The van der Waals surface area contributed by atoms with Crippen LogP contribution in [0, 0.1) is 0 Å². The van der Waals surface area contributed by atoms with Gasteiger partial charge in [0.2, 0.25) is 10.0 Å². The van der Waals surface area contributed by atoms with Crippen molar-refractivity contribution in [3.63, 3.8) is 0 Å². The zero-order valence-electron chi connectivity index (χ0n) is 17.1. The number of sulfonamides is 1. The number of ether oxygens (including phenoxy) is 3. The molecule has 1 saturated heterocycles. The summed E-state index contributed by atoms with van der Waals surface area (Å²) >= 11 is 3.37. The number of hydrogen-bond donors (Lipinski definition) is 0. The van der Waals surface area contributed by atoms with Crippen LogP contribution in [0.25, 0.3) is 0 Å². The van der Waals surface area contributed by atoms with Crippen LogP contribution in [0.4, 0.5) is 0 Å². The molecule has 0 unspecified atom stereocenters. The lowest BCUT2D eigenvalue weighted by atomic mass is 10.1. The largest absolute Gasteiger partial charge is 0.493 e. The second kappa shape index (κ2) is 8.74. The van der Waals surface area contributed by atoms with E-state index in [1.165, 1.54) is 35.7 Å². The fourth-order valence-electron chi connectivity index (χ4n) is 3.90. The van der Waals surface area contributed by atoms with Crippen molar-refractivity contribution < 1.29 is 22.6 Å². The van der Waals surface area contributed by atoms with Crippen molar-refractivity contribution in [3.8, 4) is 17.2 Å². The van der Waals surface area contributed by atoms with E-state index in [0.717, 1.165) is 25.3 Å². The number of fused-ring (bicyclic) bond motifs is 1. The molecule has 2 aliphatic rings. The molecule has 1 fully saturated rings. The number of hydrogen-bond acceptors (Lipinski definition) is 6. The van der Waals surface area contributed by atoms with Crippen LogP contribution >= 0.6 is 15.9 Å². The highest BCUT2D eigenvalue weighted by molar-refractivity contribution is 9.10. The van der Waals surface area contributed by atoms with Crippen molar-refractivity contribution in [2.75, 3.05) is 47.0 Å². The fourth-order valence-corrected chi connectivity index (χ4v) is 6.32. The maximum absolute atomic E-state index is 13.2. The van der Waals surface area contributed by atoms with Gasteiger partial charge in [0.15, 0.2) is 11.5 Å². The Morgan fingerprint density at radius 2 is 1.73 bits per heavy atom. The molecule has 0 atom stereocenters. The lowest BCUT2D eigenvalue weighted by Gasteiger charge is -2.34. The molecule has 0 radical (unpaired) electrons. The van der Waals surface area contributed by atoms with E-state index in [-0.39, 0.29) is 4.90 Å². The van der Waals surface area contributed by atoms with Crippen molar-refractivity contribution in [2.45, 2.75) is 17.9 Å². The molecule has 9 heteroatoms. The predicted octanol–water partition coefficient (Wildman–Crippen LogP) is 2.91. The van der Waals surface area contributed by atoms with Crippen molar-refractivity contribution in [2.24, 2.45) is 0 Å². The SMILES string of the molecule is COc1cc(Br)c(S(=O)(=O)N2CCN(Cc3ccc4c(c3)CCO4)CC2)cc1OC. The molecular weight excluding hydrogens is 472 g/mol. The molecular formula is C21H25BrN2O5S. The molecule has 2 aromatic carbocycles. The van der Waals surface area contributed by atoms with Crippen LogP contribution in [0.3, 0.4) is 0 Å². The summed E-state index contributed by atoms with van der Waals surface area (Å²) < 4.78 is 44.6. The normalized spacial score (nSPS) is 17.4. The van der Waals surface area contributed by atoms with Gasteiger partial charge in [-0.25, -0.2) is 8.42 Å². The van der Waals surface area contributed by atoms with Crippen LogP contribution in [-0.4, -0.2) is 64.6 Å². The van der Waals surface area contributed by atoms with Crippen LogP contribution in [0.5, 0.6) is 17.2 Å². The summed E-state index contributed by atoms with van der Waals surface area (Å²) in [6.45, 7) is 3.80. The van der Waals surface area contributed by atoms with Gasteiger partial charge in [-0.15, -0.1) is 0 Å². The quantitative estimate of drug-likeness (QED) is 0.612. The van der Waals surface area contributed by atoms with Crippen molar-refractivity contribution in [3.05, 3.63) is 45.9 Å². The van der Waals surface area contributed by atoms with Crippen LogP contribution in [0.15, 0.2) is 39.7 Å². The number of piperazine rings is 1. The first-order valence-electron chi connectivity index (χ1n) is 9.81. The molecule has 0 aliphatic carbocycles. The number of nitrogens with zero attached hydrogens (tertiary/aromatic N) is 2. The summed E-state index contributed by atoms with van der Waals surface area (Å²) in [5.41, 5.74) is 2.49. The molecule has 0 N–H and O–H groups in total. The first-order valence-corrected chi connectivity index (χ1v) is 12.0. The molecule has 0 saturated carbocycles. The van der Waals surface area contributed by atoms with Gasteiger partial charge in [-0.2, -0.15) is 4.31 Å². The number of rotatable bonds is 6. The van der Waals surface area contributed by atoms with E-state index in [0.29, 0.717) is 42.2 Å². The molecule has 2 aliphatic heterocycles. The summed E-state index contributed by atoms with van der Waals surface area (Å²) in [6, 6.07) is 9.46. The third-order valence-corrected chi connectivity index (χ3v) is 8.40. The Morgan fingerprint density at radius 1 is 1.03 bits per heavy atom. The molecule has 0 bridgehead atoms. The minimum absolute atomic E-state index is 0.187. The molecule has 4 rings (SSSR count). The average Bonchev–Trinajstić information content (AvgIpc) is 3.21. The van der Waals surface area contributed by atoms with E-state index in [1.54, 1.807) is 6.07 Å². The molecule has 0 aromatic heterocycles. The second-order valence-corrected chi connectivity index (χ2v) is 10.1. The van der Waals surface area contributed by atoms with E-state index >= 15 is 0 Å². The third kappa shape index (κ3) is 4.16.